The highest BCUT2D eigenvalue weighted by atomic mass is 16.4. The van der Waals surface area contributed by atoms with Gasteiger partial charge in [0, 0.05) is 6.54 Å². The molecule has 0 fully saturated rings. The molecule has 0 aliphatic carbocycles. The average Bonchev–Trinajstić information content (AvgIpc) is 2.48. The Balaban J connectivity index is 0.000000409. The first-order chi connectivity index (χ1) is 10.1. The van der Waals surface area contributed by atoms with Gasteiger partial charge in [0.1, 0.15) is 0 Å². The van der Waals surface area contributed by atoms with Crippen LogP contribution < -0.4 is 5.73 Å². The minimum atomic E-state index is -1.82. The number of benzene rings is 1. The number of aromatic hydroxyl groups is 2. The van der Waals surface area contributed by atoms with Crippen LogP contribution in [0.4, 0.5) is 0 Å². The summed E-state index contributed by atoms with van der Waals surface area (Å²) >= 11 is 0. The molecule has 0 saturated carbocycles. The zero-order chi connectivity index (χ0) is 17.4. The van der Waals surface area contributed by atoms with Crippen molar-refractivity contribution in [2.24, 2.45) is 11.7 Å². The Morgan fingerprint density at radius 1 is 1.09 bits per heavy atom. The van der Waals surface area contributed by atoms with E-state index in [1.165, 1.54) is 18.2 Å². The molecule has 22 heavy (non-hydrogen) atoms. The molecule has 8 N–H and O–H groups in total. The molecule has 124 valence electrons. The summed E-state index contributed by atoms with van der Waals surface area (Å²) in [7, 11) is 0. The second kappa shape index (κ2) is 8.82. The maximum atomic E-state index is 10.0. The number of aliphatic carboxylic acids is 2. The normalized spacial score (nSPS) is 14.2. The van der Waals surface area contributed by atoms with Crippen molar-refractivity contribution in [3.63, 3.8) is 0 Å². The molecular formula is C13H19NO8. The first-order valence-electron chi connectivity index (χ1n) is 6.15. The monoisotopic (exact) mass is 317 g/mol. The van der Waals surface area contributed by atoms with Crippen molar-refractivity contribution < 1.29 is 40.2 Å². The molecule has 0 spiro atoms. The van der Waals surface area contributed by atoms with Gasteiger partial charge in [0.05, 0.1) is 12.0 Å². The Morgan fingerprint density at radius 2 is 1.64 bits per heavy atom. The van der Waals surface area contributed by atoms with Crippen molar-refractivity contribution >= 4 is 11.9 Å². The fourth-order valence-electron chi connectivity index (χ4n) is 1.23. The largest absolute Gasteiger partial charge is 0.504 e. The Morgan fingerprint density at radius 3 is 1.95 bits per heavy atom. The van der Waals surface area contributed by atoms with Crippen LogP contribution in [0.3, 0.4) is 0 Å². The van der Waals surface area contributed by atoms with Gasteiger partial charge in [0.25, 0.3) is 0 Å². The van der Waals surface area contributed by atoms with Gasteiger partial charge in [-0.05, 0) is 24.6 Å². The molecule has 0 radical (unpaired) electrons. The molecule has 0 aliphatic heterocycles. The van der Waals surface area contributed by atoms with Gasteiger partial charge in [0.2, 0.25) is 0 Å². The molecule has 3 atom stereocenters. The summed E-state index contributed by atoms with van der Waals surface area (Å²) in [5.41, 5.74) is 5.69. The number of phenolic OH excluding ortho intramolecular Hbond substituents is 2. The van der Waals surface area contributed by atoms with Crippen molar-refractivity contribution in [1.29, 1.82) is 0 Å². The van der Waals surface area contributed by atoms with Crippen LogP contribution in [0.25, 0.3) is 0 Å². The number of phenols is 2. The Kier molecular flexibility index (Phi) is 7.88. The Hall–Kier alpha value is -2.36. The van der Waals surface area contributed by atoms with Gasteiger partial charge < -0.3 is 36.4 Å². The summed E-state index contributed by atoms with van der Waals surface area (Å²) in [5.74, 6) is -4.56. The quantitative estimate of drug-likeness (QED) is 0.343. The number of aliphatic hydroxyl groups excluding tert-OH is 2. The third kappa shape index (κ3) is 5.95. The van der Waals surface area contributed by atoms with Gasteiger partial charge >= 0.3 is 11.9 Å². The van der Waals surface area contributed by atoms with Crippen LogP contribution in [-0.2, 0) is 9.59 Å². The van der Waals surface area contributed by atoms with Crippen LogP contribution in [0.1, 0.15) is 18.6 Å². The predicted molar refractivity (Wildman–Crippen MR) is 74.2 cm³/mol. The van der Waals surface area contributed by atoms with Gasteiger partial charge in [-0.3, -0.25) is 4.79 Å². The number of aliphatic hydroxyl groups is 2. The molecule has 9 heteroatoms. The molecule has 0 saturated heterocycles. The lowest BCUT2D eigenvalue weighted by Crippen LogP contribution is -2.32. The summed E-state index contributed by atoms with van der Waals surface area (Å²) in [5, 5.41) is 52.1. The lowest BCUT2D eigenvalue weighted by molar-refractivity contribution is -0.158. The molecular weight excluding hydrogens is 298 g/mol. The summed E-state index contributed by atoms with van der Waals surface area (Å²) in [6.07, 6.45) is -2.62. The molecule has 0 aliphatic rings. The van der Waals surface area contributed by atoms with Crippen molar-refractivity contribution in [2.45, 2.75) is 19.1 Å². The Bertz CT molecular complexity index is 501. The fraction of sp³-hybridized carbons (Fsp3) is 0.385. The summed E-state index contributed by atoms with van der Waals surface area (Å²) in [6, 6.07) is 4.10. The van der Waals surface area contributed by atoms with E-state index in [4.69, 9.17) is 31.3 Å². The van der Waals surface area contributed by atoms with Crippen LogP contribution in [0.2, 0.25) is 0 Å². The van der Waals surface area contributed by atoms with Crippen molar-refractivity contribution in [2.75, 3.05) is 6.54 Å². The number of rotatable bonds is 5. The van der Waals surface area contributed by atoms with E-state index >= 15 is 0 Å². The maximum absolute atomic E-state index is 10.0. The fourth-order valence-corrected chi connectivity index (χ4v) is 1.23. The predicted octanol–water partition coefficient (Wildman–Crippen LogP) is -0.758. The minimum Gasteiger partial charge on any atom is -0.504 e. The first kappa shape index (κ1) is 19.6. The smallest absolute Gasteiger partial charge is 0.333 e. The first-order valence-corrected chi connectivity index (χ1v) is 6.15. The number of hydrogen-bond acceptors (Lipinski definition) is 7. The van der Waals surface area contributed by atoms with Gasteiger partial charge in [0.15, 0.2) is 17.6 Å². The van der Waals surface area contributed by atoms with Crippen LogP contribution >= 0.6 is 0 Å². The van der Waals surface area contributed by atoms with E-state index in [1.807, 2.05) is 0 Å². The van der Waals surface area contributed by atoms with E-state index in [9.17, 15) is 14.7 Å². The lowest BCUT2D eigenvalue weighted by Gasteiger charge is -2.08. The number of carboxylic acids is 2. The summed E-state index contributed by atoms with van der Waals surface area (Å²) in [6.45, 7) is 1.21. The van der Waals surface area contributed by atoms with Gasteiger partial charge in [-0.25, -0.2) is 4.79 Å². The second-order valence-corrected chi connectivity index (χ2v) is 4.41. The molecule has 1 unspecified atom stereocenters. The molecule has 1 rings (SSSR count). The highest BCUT2D eigenvalue weighted by Gasteiger charge is 2.27. The number of carbonyl (C=O) groups is 2. The van der Waals surface area contributed by atoms with E-state index in [0.717, 1.165) is 6.92 Å². The molecule has 0 aromatic heterocycles. The number of carboxylic acid groups (broad SMARTS) is 2. The van der Waals surface area contributed by atoms with Gasteiger partial charge in [-0.1, -0.05) is 6.07 Å². The SMILES string of the molecule is C[C@@H](C(=O)O)[C@@H](O)C(=O)O.NCC(O)c1ccc(O)c(O)c1. The highest BCUT2D eigenvalue weighted by molar-refractivity contribution is 5.81. The van der Waals surface area contributed by atoms with Crippen LogP contribution in [0, 0.1) is 5.92 Å². The highest BCUT2D eigenvalue weighted by Crippen LogP contribution is 2.27. The zero-order valence-corrected chi connectivity index (χ0v) is 11.7. The third-order valence-corrected chi connectivity index (χ3v) is 2.72. The van der Waals surface area contributed by atoms with Crippen molar-refractivity contribution in [3.8, 4) is 11.5 Å². The maximum Gasteiger partial charge on any atom is 0.333 e. The molecule has 0 heterocycles. The van der Waals surface area contributed by atoms with E-state index in [-0.39, 0.29) is 18.0 Å². The molecule has 1 aromatic carbocycles. The average molecular weight is 317 g/mol. The minimum absolute atomic E-state index is 0.0875. The topological polar surface area (TPSA) is 182 Å². The molecule has 9 nitrogen and oxygen atoms in total. The van der Waals surface area contributed by atoms with E-state index < -0.39 is 30.1 Å². The summed E-state index contributed by atoms with van der Waals surface area (Å²) in [4.78, 5) is 20.0. The number of nitrogens with two attached hydrogens (primary N) is 1. The van der Waals surface area contributed by atoms with E-state index in [1.54, 1.807) is 0 Å². The van der Waals surface area contributed by atoms with Crippen molar-refractivity contribution in [3.05, 3.63) is 23.8 Å². The Labute approximate surface area is 125 Å². The third-order valence-electron chi connectivity index (χ3n) is 2.72. The number of hydrogen-bond donors (Lipinski definition) is 7. The van der Waals surface area contributed by atoms with E-state index in [2.05, 4.69) is 0 Å². The standard InChI is InChI=1S/C8H11NO3.C5H8O5/c9-4-8(12)5-1-2-6(10)7(11)3-5;1-2(4(7)8)3(6)5(9)10/h1-3,8,10-12H,4,9H2;2-3,6H,1H3,(H,7,8)(H,9,10)/t;2-,3-/m.1/s1. The van der Waals surface area contributed by atoms with Crippen LogP contribution in [-0.4, -0.2) is 55.2 Å². The second-order valence-electron chi connectivity index (χ2n) is 4.41. The van der Waals surface area contributed by atoms with Crippen LogP contribution in [0.5, 0.6) is 11.5 Å². The van der Waals surface area contributed by atoms with Gasteiger partial charge in [-0.2, -0.15) is 0 Å². The molecule has 0 amide bonds. The van der Waals surface area contributed by atoms with Gasteiger partial charge in [-0.15, -0.1) is 0 Å². The molecule has 1 aromatic rings. The summed E-state index contributed by atoms with van der Waals surface area (Å²) < 4.78 is 0. The van der Waals surface area contributed by atoms with Crippen molar-refractivity contribution in [1.82, 2.24) is 0 Å². The van der Waals surface area contributed by atoms with E-state index in [0.29, 0.717) is 5.56 Å². The molecule has 0 bridgehead atoms. The lowest BCUT2D eigenvalue weighted by atomic mass is 10.1. The zero-order valence-electron chi connectivity index (χ0n) is 11.7. The van der Waals surface area contributed by atoms with Crippen LogP contribution in [0.15, 0.2) is 18.2 Å².